The number of anilines is 2. The van der Waals surface area contributed by atoms with Gasteiger partial charge in [0.05, 0.1) is 37.5 Å². The van der Waals surface area contributed by atoms with Crippen LogP contribution in [0.15, 0.2) is 66.7 Å². The number of likely N-dealkylation sites (tertiary alicyclic amines) is 1. The summed E-state index contributed by atoms with van der Waals surface area (Å²) in [6.07, 6.45) is 3.74. The van der Waals surface area contributed by atoms with E-state index in [1.54, 1.807) is 19.2 Å². The normalized spacial score (nSPS) is 21.4. The number of carbonyl (C=O) groups is 1. The van der Waals surface area contributed by atoms with Gasteiger partial charge in [-0.1, -0.05) is 38.1 Å². The van der Waals surface area contributed by atoms with Gasteiger partial charge in [-0.3, -0.25) is 4.79 Å². The molecule has 3 aromatic rings. The van der Waals surface area contributed by atoms with Gasteiger partial charge in [0.25, 0.3) is 0 Å². The molecule has 49 heavy (non-hydrogen) atoms. The highest BCUT2D eigenvalue weighted by molar-refractivity contribution is 5.82. The summed E-state index contributed by atoms with van der Waals surface area (Å²) < 4.78 is 38.0. The van der Waals surface area contributed by atoms with Crippen molar-refractivity contribution in [3.8, 4) is 11.5 Å². The molecule has 2 N–H and O–H groups in total. The Labute approximate surface area is 290 Å². The lowest BCUT2D eigenvalue weighted by Crippen LogP contribution is -2.53. The van der Waals surface area contributed by atoms with Crippen LogP contribution >= 0.6 is 0 Å². The van der Waals surface area contributed by atoms with E-state index < -0.39 is 6.04 Å². The first kappa shape index (κ1) is 35.0. The Bertz CT molecular complexity index is 1540. The van der Waals surface area contributed by atoms with E-state index in [1.807, 2.05) is 43.0 Å². The summed E-state index contributed by atoms with van der Waals surface area (Å²) in [5, 5.41) is 0. The largest absolute Gasteiger partial charge is 0.490 e. The van der Waals surface area contributed by atoms with Crippen LogP contribution < -0.4 is 25.0 Å². The van der Waals surface area contributed by atoms with Gasteiger partial charge in [0, 0.05) is 57.9 Å². The Morgan fingerprint density at radius 1 is 1.06 bits per heavy atom. The Morgan fingerprint density at radius 3 is 2.67 bits per heavy atom. The molecule has 6 rings (SSSR count). The van der Waals surface area contributed by atoms with Crippen LogP contribution in [0.3, 0.4) is 0 Å². The van der Waals surface area contributed by atoms with Crippen molar-refractivity contribution in [1.29, 1.82) is 0 Å². The standard InChI is InChI=1S/C39H50FN4O5/c1-27(2)38(41)39(45)44-18-15-34(29-9-11-32(12-10-29)49-33-14-17-43(24-33)31-7-4-6-30(40)23-31)37(25-44)48-26-28-8-13-36-35(22-28)42(19-21-47-36)16-5-20-46-3/h4,6-13,15,22-23,27,33-34,37-38H,5,14,16-21,24-26,41H2,1-3H3/t33-,34+,37-,38-/m0/s1. The molecule has 0 saturated carbocycles. The molecule has 4 atom stereocenters. The lowest BCUT2D eigenvalue weighted by Gasteiger charge is -2.40. The minimum absolute atomic E-state index is 0.0187. The molecule has 0 aromatic heterocycles. The number of hydrogen-bond donors (Lipinski definition) is 1. The third kappa shape index (κ3) is 8.66. The molecule has 1 radical (unpaired) electrons. The van der Waals surface area contributed by atoms with Crippen molar-refractivity contribution in [2.24, 2.45) is 11.7 Å². The first-order chi connectivity index (χ1) is 23.8. The maximum Gasteiger partial charge on any atom is 0.239 e. The lowest BCUT2D eigenvalue weighted by atomic mass is 9.86. The zero-order valence-electron chi connectivity index (χ0n) is 28.9. The van der Waals surface area contributed by atoms with Crippen molar-refractivity contribution in [2.45, 2.75) is 57.5 Å². The molecule has 3 aromatic carbocycles. The second-order valence-electron chi connectivity index (χ2n) is 13.6. The number of nitrogens with zero attached hydrogens (tertiary/aromatic N) is 3. The quantitative estimate of drug-likeness (QED) is 0.241. The Balaban J connectivity index is 1.13. The summed E-state index contributed by atoms with van der Waals surface area (Å²) in [5.41, 5.74) is 10.4. The Kier molecular flexibility index (Phi) is 11.6. The molecule has 2 saturated heterocycles. The van der Waals surface area contributed by atoms with Gasteiger partial charge in [-0.2, -0.15) is 0 Å². The molecule has 2 fully saturated rings. The van der Waals surface area contributed by atoms with Gasteiger partial charge in [-0.05, 0) is 72.4 Å². The van der Waals surface area contributed by atoms with Crippen LogP contribution in [-0.2, 0) is 20.9 Å². The smallest absolute Gasteiger partial charge is 0.239 e. The van der Waals surface area contributed by atoms with E-state index in [2.05, 4.69) is 40.5 Å². The fourth-order valence-electron chi connectivity index (χ4n) is 6.92. The van der Waals surface area contributed by atoms with Gasteiger partial charge in [-0.25, -0.2) is 4.39 Å². The van der Waals surface area contributed by atoms with Gasteiger partial charge in [0.2, 0.25) is 5.91 Å². The van der Waals surface area contributed by atoms with Crippen LogP contribution in [0, 0.1) is 18.2 Å². The molecule has 1 amide bonds. The maximum atomic E-state index is 13.8. The molecule has 0 aliphatic carbocycles. The monoisotopic (exact) mass is 673 g/mol. The van der Waals surface area contributed by atoms with Gasteiger partial charge < -0.3 is 39.4 Å². The van der Waals surface area contributed by atoms with E-state index in [-0.39, 0.29) is 35.8 Å². The maximum absolute atomic E-state index is 13.8. The first-order valence-corrected chi connectivity index (χ1v) is 17.5. The predicted molar refractivity (Wildman–Crippen MR) is 190 cm³/mol. The van der Waals surface area contributed by atoms with E-state index >= 15 is 0 Å². The van der Waals surface area contributed by atoms with E-state index in [9.17, 15) is 9.18 Å². The molecule has 0 spiro atoms. The molecule has 0 bridgehead atoms. The fraction of sp³-hybridized carbons (Fsp3) is 0.487. The summed E-state index contributed by atoms with van der Waals surface area (Å²) in [6.45, 7) is 9.94. The third-order valence-electron chi connectivity index (χ3n) is 9.81. The van der Waals surface area contributed by atoms with Crippen LogP contribution in [0.5, 0.6) is 11.5 Å². The first-order valence-electron chi connectivity index (χ1n) is 17.5. The molecule has 0 unspecified atom stereocenters. The number of halogens is 1. The summed E-state index contributed by atoms with van der Waals surface area (Å²) in [7, 11) is 1.73. The molecule has 3 aliphatic rings. The van der Waals surface area contributed by atoms with Gasteiger partial charge >= 0.3 is 0 Å². The number of carbonyl (C=O) groups excluding carboxylic acids is 1. The molecule has 3 heterocycles. The minimum Gasteiger partial charge on any atom is -0.490 e. The number of amides is 1. The minimum atomic E-state index is -0.556. The average Bonchev–Trinajstić information content (AvgIpc) is 3.59. The van der Waals surface area contributed by atoms with Crippen LogP contribution in [0.1, 0.15) is 43.7 Å². The van der Waals surface area contributed by atoms with Crippen molar-refractivity contribution < 1.29 is 28.1 Å². The fourth-order valence-corrected chi connectivity index (χ4v) is 6.92. The number of benzene rings is 3. The van der Waals surface area contributed by atoms with Crippen molar-refractivity contribution in [2.75, 3.05) is 69.4 Å². The molecule has 3 aliphatic heterocycles. The SMILES string of the molecule is COCCCN1CCOc2ccc(CO[C@H]3CN(C(=O)[C@@H](N)C(C)C)C[CH][C@@H]3c3ccc(O[C@H]4CCN(c5cccc(F)c5)C4)cc3)cc21. The zero-order chi connectivity index (χ0) is 34.3. The molecule has 263 valence electrons. The third-order valence-corrected chi connectivity index (χ3v) is 9.81. The Hall–Kier alpha value is -3.86. The predicted octanol–water partition coefficient (Wildman–Crippen LogP) is 5.42. The number of rotatable bonds is 13. The van der Waals surface area contributed by atoms with Crippen molar-refractivity contribution >= 4 is 17.3 Å². The number of methoxy groups -OCH3 is 1. The van der Waals surface area contributed by atoms with E-state index in [1.165, 1.54) is 6.07 Å². The number of nitrogens with two attached hydrogens (primary N) is 1. The van der Waals surface area contributed by atoms with Crippen molar-refractivity contribution in [3.63, 3.8) is 0 Å². The summed E-state index contributed by atoms with van der Waals surface area (Å²) >= 11 is 0. The van der Waals surface area contributed by atoms with E-state index in [0.717, 1.165) is 66.5 Å². The van der Waals surface area contributed by atoms with Crippen LogP contribution in [0.2, 0.25) is 0 Å². The number of hydrogen-bond acceptors (Lipinski definition) is 8. The van der Waals surface area contributed by atoms with E-state index in [4.69, 9.17) is 24.7 Å². The Morgan fingerprint density at radius 2 is 1.90 bits per heavy atom. The summed E-state index contributed by atoms with van der Waals surface area (Å²) in [4.78, 5) is 19.6. The van der Waals surface area contributed by atoms with Crippen LogP contribution in [-0.4, -0.2) is 88.6 Å². The van der Waals surface area contributed by atoms with Gasteiger partial charge in [0.15, 0.2) is 0 Å². The highest BCUT2D eigenvalue weighted by Crippen LogP contribution is 2.35. The van der Waals surface area contributed by atoms with Gasteiger partial charge in [-0.15, -0.1) is 0 Å². The molecule has 10 heteroatoms. The van der Waals surface area contributed by atoms with Gasteiger partial charge in [0.1, 0.15) is 30.0 Å². The lowest BCUT2D eigenvalue weighted by molar-refractivity contribution is -0.137. The second kappa shape index (κ2) is 16.2. The van der Waals surface area contributed by atoms with E-state index in [0.29, 0.717) is 39.5 Å². The average molecular weight is 674 g/mol. The highest BCUT2D eigenvalue weighted by Gasteiger charge is 2.36. The number of ether oxygens (including phenoxy) is 4. The molecule has 9 nitrogen and oxygen atoms in total. The van der Waals surface area contributed by atoms with Crippen LogP contribution in [0.4, 0.5) is 15.8 Å². The summed E-state index contributed by atoms with van der Waals surface area (Å²) in [6, 6.07) is 20.6. The van der Waals surface area contributed by atoms with Crippen molar-refractivity contribution in [3.05, 3.63) is 90.1 Å². The van der Waals surface area contributed by atoms with Crippen molar-refractivity contribution in [1.82, 2.24) is 4.90 Å². The second-order valence-corrected chi connectivity index (χ2v) is 13.6. The summed E-state index contributed by atoms with van der Waals surface area (Å²) in [5.74, 6) is 1.43. The topological polar surface area (TPSA) is 89.7 Å². The number of fused-ring (bicyclic) bond motifs is 1. The molecular weight excluding hydrogens is 623 g/mol. The number of piperidine rings is 1. The zero-order valence-corrected chi connectivity index (χ0v) is 28.9. The highest BCUT2D eigenvalue weighted by atomic mass is 19.1. The van der Waals surface area contributed by atoms with Crippen LogP contribution in [0.25, 0.3) is 0 Å². The molecular formula is C39H50FN4O5.